The number of ether oxygens (including phenoxy) is 1. The molecule has 0 spiro atoms. The van der Waals surface area contributed by atoms with Crippen LogP contribution >= 0.6 is 0 Å². The first-order chi connectivity index (χ1) is 13.8. The molecule has 0 aromatic heterocycles. The first-order valence-corrected chi connectivity index (χ1v) is 10.7. The number of hydrogen-bond acceptors (Lipinski definition) is 3. The number of quaternary nitrogens is 1. The van der Waals surface area contributed by atoms with Gasteiger partial charge in [-0.15, -0.1) is 0 Å². The van der Waals surface area contributed by atoms with Gasteiger partial charge in [-0.25, -0.2) is 9.59 Å². The van der Waals surface area contributed by atoms with Crippen molar-refractivity contribution in [1.82, 2.24) is 10.6 Å². The van der Waals surface area contributed by atoms with Crippen molar-refractivity contribution >= 4 is 12.0 Å². The van der Waals surface area contributed by atoms with Gasteiger partial charge in [-0.05, 0) is 51.2 Å². The van der Waals surface area contributed by atoms with Gasteiger partial charge in [0, 0.05) is 6.42 Å². The maximum Gasteiger partial charge on any atom is 0.338 e. The van der Waals surface area contributed by atoms with E-state index in [4.69, 9.17) is 4.74 Å². The fourth-order valence-corrected chi connectivity index (χ4v) is 4.35. The number of carbonyl (C=O) groups excluding carboxylic acids is 2. The predicted octanol–water partition coefficient (Wildman–Crippen LogP) is 3.25. The Kier molecular flexibility index (Phi) is 7.35. The summed E-state index contributed by atoms with van der Waals surface area (Å²) in [6.07, 6.45) is 0.995. The Morgan fingerprint density at radius 3 is 2.43 bits per heavy atom. The van der Waals surface area contributed by atoms with Gasteiger partial charge in [0.1, 0.15) is 6.54 Å². The molecule has 2 amide bonds. The second-order valence-corrected chi connectivity index (χ2v) is 10.1. The van der Waals surface area contributed by atoms with E-state index in [-0.39, 0.29) is 23.6 Å². The Morgan fingerprint density at radius 1 is 1.17 bits per heavy atom. The van der Waals surface area contributed by atoms with Crippen LogP contribution < -0.4 is 16.0 Å². The van der Waals surface area contributed by atoms with Crippen molar-refractivity contribution in [1.29, 1.82) is 0 Å². The van der Waals surface area contributed by atoms with E-state index in [0.29, 0.717) is 17.8 Å². The minimum Gasteiger partial charge on any atom is -0.463 e. The quantitative estimate of drug-likeness (QED) is 0.597. The van der Waals surface area contributed by atoms with Crippen molar-refractivity contribution in [2.24, 2.45) is 5.41 Å². The van der Waals surface area contributed by atoms with Crippen LogP contribution in [0.25, 0.3) is 0 Å². The van der Waals surface area contributed by atoms with E-state index >= 15 is 0 Å². The van der Waals surface area contributed by atoms with Crippen molar-refractivity contribution in [3.05, 3.63) is 46.2 Å². The average Bonchev–Trinajstić information content (AvgIpc) is 2.59. The SMILES string of the molecule is CCOC(=O)C1=C(C[NH2+]C(C)(C)CC(C)(C)C)NC(=O)N[C@H]1c1cc(C)ccc1C. The highest BCUT2D eigenvalue weighted by Crippen LogP contribution is 2.30. The van der Waals surface area contributed by atoms with E-state index in [2.05, 4.69) is 50.6 Å². The van der Waals surface area contributed by atoms with Gasteiger partial charge in [-0.2, -0.15) is 0 Å². The summed E-state index contributed by atoms with van der Waals surface area (Å²) in [5.74, 6) is -0.395. The van der Waals surface area contributed by atoms with Crippen LogP contribution in [0.2, 0.25) is 0 Å². The molecule has 6 nitrogen and oxygen atoms in total. The molecule has 0 aliphatic carbocycles. The van der Waals surface area contributed by atoms with Crippen LogP contribution in [-0.4, -0.2) is 30.7 Å². The molecule has 1 heterocycles. The molecule has 0 bridgehead atoms. The summed E-state index contributed by atoms with van der Waals surface area (Å²) in [5.41, 5.74) is 4.24. The van der Waals surface area contributed by atoms with Crippen molar-refractivity contribution in [2.45, 2.75) is 73.4 Å². The molecule has 1 aromatic rings. The van der Waals surface area contributed by atoms with Gasteiger partial charge < -0.3 is 20.7 Å². The molecule has 0 radical (unpaired) electrons. The van der Waals surface area contributed by atoms with Gasteiger partial charge >= 0.3 is 12.0 Å². The van der Waals surface area contributed by atoms with Gasteiger partial charge in [-0.1, -0.05) is 44.5 Å². The number of benzene rings is 1. The summed E-state index contributed by atoms with van der Waals surface area (Å²) in [6, 6.07) is 5.23. The second-order valence-electron chi connectivity index (χ2n) is 10.1. The van der Waals surface area contributed by atoms with Crippen LogP contribution in [-0.2, 0) is 9.53 Å². The van der Waals surface area contributed by atoms with Gasteiger partial charge in [0.2, 0.25) is 0 Å². The lowest BCUT2D eigenvalue weighted by Gasteiger charge is -2.33. The molecule has 1 aliphatic heterocycles. The second kappa shape index (κ2) is 9.21. The van der Waals surface area contributed by atoms with E-state index in [1.165, 1.54) is 0 Å². The van der Waals surface area contributed by atoms with Crippen molar-refractivity contribution in [2.75, 3.05) is 13.2 Å². The zero-order valence-corrected chi connectivity index (χ0v) is 19.7. The molecular formula is C24H38N3O3+. The van der Waals surface area contributed by atoms with Crippen LogP contribution in [0.1, 0.15) is 70.7 Å². The Labute approximate surface area is 180 Å². The van der Waals surface area contributed by atoms with Gasteiger partial charge in [0.25, 0.3) is 0 Å². The van der Waals surface area contributed by atoms with Gasteiger partial charge in [0.05, 0.1) is 29.5 Å². The average molecular weight is 417 g/mol. The lowest BCUT2D eigenvalue weighted by molar-refractivity contribution is -0.717. The molecule has 1 aromatic carbocycles. The van der Waals surface area contributed by atoms with Crippen molar-refractivity contribution < 1.29 is 19.6 Å². The van der Waals surface area contributed by atoms with Crippen LogP contribution in [0.3, 0.4) is 0 Å². The highest BCUT2D eigenvalue weighted by Gasteiger charge is 2.36. The zero-order valence-electron chi connectivity index (χ0n) is 19.7. The van der Waals surface area contributed by atoms with E-state index in [9.17, 15) is 9.59 Å². The molecule has 0 saturated carbocycles. The largest absolute Gasteiger partial charge is 0.463 e. The standard InChI is InChI=1S/C24H37N3O3/c1-9-30-21(28)19-18(13-25-24(7,8)14-23(4,5)6)26-22(29)27-20(19)17-12-15(2)10-11-16(17)3/h10-12,20,25H,9,13-14H2,1-8H3,(H2,26,27,29)/p+1/t20-/m0/s1. The lowest BCUT2D eigenvalue weighted by atomic mass is 9.81. The summed E-state index contributed by atoms with van der Waals surface area (Å²) in [5, 5.41) is 8.00. The van der Waals surface area contributed by atoms with E-state index in [1.54, 1.807) is 6.92 Å². The van der Waals surface area contributed by atoms with E-state index < -0.39 is 12.0 Å². The maximum absolute atomic E-state index is 13.0. The fraction of sp³-hybridized carbons (Fsp3) is 0.583. The summed E-state index contributed by atoms with van der Waals surface area (Å²) in [7, 11) is 0. The maximum atomic E-state index is 13.0. The van der Waals surface area contributed by atoms with Crippen molar-refractivity contribution in [3.63, 3.8) is 0 Å². The number of rotatable bonds is 7. The third-order valence-electron chi connectivity index (χ3n) is 5.24. The number of urea groups is 1. The third kappa shape index (κ3) is 6.33. The summed E-state index contributed by atoms with van der Waals surface area (Å²) >= 11 is 0. The minimum absolute atomic E-state index is 0.0463. The molecule has 6 heteroatoms. The lowest BCUT2D eigenvalue weighted by Crippen LogP contribution is -2.96. The highest BCUT2D eigenvalue weighted by atomic mass is 16.5. The number of carbonyl (C=O) groups is 2. The van der Waals surface area contributed by atoms with E-state index in [0.717, 1.165) is 23.1 Å². The predicted molar refractivity (Wildman–Crippen MR) is 119 cm³/mol. The first kappa shape index (κ1) is 23.9. The Balaban J connectivity index is 2.46. The smallest absolute Gasteiger partial charge is 0.338 e. The molecule has 2 rings (SSSR count). The number of esters is 1. The van der Waals surface area contributed by atoms with Crippen molar-refractivity contribution in [3.8, 4) is 0 Å². The van der Waals surface area contributed by atoms with Crippen LogP contribution in [0.5, 0.6) is 0 Å². The highest BCUT2D eigenvalue weighted by molar-refractivity contribution is 5.95. The number of amides is 2. The molecule has 0 saturated heterocycles. The monoisotopic (exact) mass is 416 g/mol. The molecular weight excluding hydrogens is 378 g/mol. The molecule has 0 fully saturated rings. The normalized spacial score (nSPS) is 17.5. The molecule has 1 aliphatic rings. The van der Waals surface area contributed by atoms with Gasteiger partial charge in [0.15, 0.2) is 0 Å². The Hall–Kier alpha value is -2.34. The number of aryl methyl sites for hydroxylation is 2. The third-order valence-corrected chi connectivity index (χ3v) is 5.24. The number of hydrogen-bond donors (Lipinski definition) is 3. The van der Waals surface area contributed by atoms with E-state index in [1.807, 2.05) is 32.0 Å². The zero-order chi connectivity index (χ0) is 22.7. The van der Waals surface area contributed by atoms with Crippen LogP contribution in [0.4, 0.5) is 4.79 Å². The topological polar surface area (TPSA) is 84.0 Å². The van der Waals surface area contributed by atoms with Crippen LogP contribution in [0, 0.1) is 19.3 Å². The molecule has 30 heavy (non-hydrogen) atoms. The molecule has 166 valence electrons. The first-order valence-electron chi connectivity index (χ1n) is 10.7. The summed E-state index contributed by atoms with van der Waals surface area (Å²) < 4.78 is 5.38. The number of nitrogens with one attached hydrogen (secondary N) is 2. The van der Waals surface area contributed by atoms with Crippen LogP contribution in [0.15, 0.2) is 29.5 Å². The summed E-state index contributed by atoms with van der Waals surface area (Å²) in [4.78, 5) is 25.5. The minimum atomic E-state index is -0.535. The molecule has 0 unspecified atom stereocenters. The fourth-order valence-electron chi connectivity index (χ4n) is 4.35. The Bertz CT molecular complexity index is 835. The molecule has 4 N–H and O–H groups in total. The molecule has 1 atom stereocenters. The summed E-state index contributed by atoms with van der Waals surface area (Å²) in [6.45, 7) is 17.6. The number of nitrogens with two attached hydrogens (primary N) is 1. The Morgan fingerprint density at radius 2 is 1.83 bits per heavy atom. The van der Waals surface area contributed by atoms with Gasteiger partial charge in [-0.3, -0.25) is 0 Å².